The maximum Gasteiger partial charge on any atom is 0.387 e. The third kappa shape index (κ3) is 5.49. The van der Waals surface area contributed by atoms with Gasteiger partial charge in [0, 0.05) is 11.8 Å². The van der Waals surface area contributed by atoms with Gasteiger partial charge < -0.3 is 20.1 Å². The summed E-state index contributed by atoms with van der Waals surface area (Å²) < 4.78 is 34.2. The van der Waals surface area contributed by atoms with Crippen molar-refractivity contribution in [2.45, 2.75) is 27.4 Å². The lowest BCUT2D eigenvalue weighted by molar-refractivity contribution is -0.119. The molecule has 0 aliphatic carbocycles. The topological polar surface area (TPSA) is 93.7 Å². The molecule has 7 nitrogen and oxygen atoms in total. The standard InChI is InChI=1S/C18H18F2N2O5S/c1-9-10(2)28-16(21-11(3)23)15(9)17(25)26-8-14(24)22-12-6-4-5-7-13(12)27-18(19)20/h4-7,18H,8H2,1-3H3,(H,21,23)(H,22,24). The number of thiophene rings is 1. The third-order valence-electron chi connectivity index (χ3n) is 3.59. The summed E-state index contributed by atoms with van der Waals surface area (Å²) in [4.78, 5) is 36.5. The minimum atomic E-state index is -3.05. The van der Waals surface area contributed by atoms with Crippen molar-refractivity contribution in [3.8, 4) is 5.75 Å². The Balaban J connectivity index is 2.04. The predicted molar refractivity (Wildman–Crippen MR) is 100 cm³/mol. The zero-order valence-electron chi connectivity index (χ0n) is 15.3. The van der Waals surface area contributed by atoms with Gasteiger partial charge in [-0.05, 0) is 31.5 Å². The third-order valence-corrected chi connectivity index (χ3v) is 4.71. The second-order valence-corrected chi connectivity index (χ2v) is 6.89. The molecule has 150 valence electrons. The number of rotatable bonds is 7. The van der Waals surface area contributed by atoms with E-state index in [0.717, 1.165) is 4.88 Å². The summed E-state index contributed by atoms with van der Waals surface area (Å²) in [5, 5.41) is 5.24. The van der Waals surface area contributed by atoms with Gasteiger partial charge in [0.2, 0.25) is 5.91 Å². The monoisotopic (exact) mass is 412 g/mol. The predicted octanol–water partition coefficient (Wildman–Crippen LogP) is 3.72. The highest BCUT2D eigenvalue weighted by molar-refractivity contribution is 7.16. The van der Waals surface area contributed by atoms with Crippen LogP contribution in [0.25, 0.3) is 0 Å². The van der Waals surface area contributed by atoms with Crippen molar-refractivity contribution >= 4 is 39.8 Å². The molecule has 28 heavy (non-hydrogen) atoms. The molecule has 0 saturated carbocycles. The second kappa shape index (κ2) is 9.27. The number of aryl methyl sites for hydroxylation is 1. The molecule has 10 heteroatoms. The van der Waals surface area contributed by atoms with Crippen LogP contribution < -0.4 is 15.4 Å². The molecule has 1 aromatic heterocycles. The van der Waals surface area contributed by atoms with Gasteiger partial charge >= 0.3 is 12.6 Å². The first-order chi connectivity index (χ1) is 13.2. The van der Waals surface area contributed by atoms with Gasteiger partial charge in [-0.25, -0.2) is 4.79 Å². The van der Waals surface area contributed by atoms with E-state index in [1.807, 2.05) is 0 Å². The van der Waals surface area contributed by atoms with E-state index in [0.29, 0.717) is 10.6 Å². The Labute approximate surface area is 163 Å². The van der Waals surface area contributed by atoms with Crippen molar-refractivity contribution in [1.29, 1.82) is 0 Å². The molecule has 0 fully saturated rings. The molecule has 0 radical (unpaired) electrons. The van der Waals surface area contributed by atoms with E-state index in [4.69, 9.17) is 4.74 Å². The fraction of sp³-hybridized carbons (Fsp3) is 0.278. The number of hydrogen-bond donors (Lipinski definition) is 2. The molecule has 0 aliphatic heterocycles. The molecule has 0 spiro atoms. The second-order valence-electron chi connectivity index (χ2n) is 5.67. The Kier molecular flexibility index (Phi) is 7.05. The molecule has 0 atom stereocenters. The number of alkyl halides is 2. The summed E-state index contributed by atoms with van der Waals surface area (Å²) in [6, 6.07) is 5.64. The number of benzene rings is 1. The number of ether oxygens (including phenoxy) is 2. The molecule has 2 rings (SSSR count). The fourth-order valence-electron chi connectivity index (χ4n) is 2.28. The normalized spacial score (nSPS) is 10.5. The Morgan fingerprint density at radius 1 is 1.14 bits per heavy atom. The van der Waals surface area contributed by atoms with Gasteiger partial charge in [0.1, 0.15) is 10.8 Å². The zero-order chi connectivity index (χ0) is 20.8. The number of carbonyl (C=O) groups excluding carboxylic acids is 3. The van der Waals surface area contributed by atoms with E-state index < -0.39 is 25.1 Å². The van der Waals surface area contributed by atoms with Crippen LogP contribution in [0.3, 0.4) is 0 Å². The van der Waals surface area contributed by atoms with E-state index in [1.54, 1.807) is 13.8 Å². The number of anilines is 2. The van der Waals surface area contributed by atoms with Gasteiger partial charge in [-0.1, -0.05) is 12.1 Å². The molecule has 1 aromatic carbocycles. The number of amides is 2. The Bertz CT molecular complexity index is 898. The van der Waals surface area contributed by atoms with Crippen molar-refractivity contribution in [2.75, 3.05) is 17.2 Å². The van der Waals surface area contributed by atoms with Crippen LogP contribution in [0.5, 0.6) is 5.75 Å². The molecule has 2 amide bonds. The Hall–Kier alpha value is -3.01. The van der Waals surface area contributed by atoms with E-state index in [2.05, 4.69) is 15.4 Å². The maximum absolute atomic E-state index is 12.4. The molecule has 2 N–H and O–H groups in total. The highest BCUT2D eigenvalue weighted by atomic mass is 32.1. The number of esters is 1. The van der Waals surface area contributed by atoms with Crippen LogP contribution >= 0.6 is 11.3 Å². The summed E-state index contributed by atoms with van der Waals surface area (Å²) in [6.45, 7) is 1.11. The van der Waals surface area contributed by atoms with Crippen molar-refractivity contribution in [3.05, 3.63) is 40.3 Å². The number of carbonyl (C=O) groups is 3. The molecule has 0 saturated heterocycles. The molecule has 2 aromatic rings. The van der Waals surface area contributed by atoms with Crippen LogP contribution in [-0.4, -0.2) is 31.0 Å². The lowest BCUT2D eigenvalue weighted by atomic mass is 10.1. The van der Waals surface area contributed by atoms with Crippen LogP contribution in [0.4, 0.5) is 19.5 Å². The molecular weight excluding hydrogens is 394 g/mol. The average molecular weight is 412 g/mol. The Morgan fingerprint density at radius 3 is 2.46 bits per heavy atom. The van der Waals surface area contributed by atoms with Gasteiger partial charge in [-0.3, -0.25) is 9.59 Å². The van der Waals surface area contributed by atoms with E-state index >= 15 is 0 Å². The van der Waals surface area contributed by atoms with Gasteiger partial charge in [0.15, 0.2) is 6.61 Å². The first-order valence-electron chi connectivity index (χ1n) is 8.07. The summed E-state index contributed by atoms with van der Waals surface area (Å²) in [5.41, 5.74) is 0.826. The zero-order valence-corrected chi connectivity index (χ0v) is 16.1. The van der Waals surface area contributed by atoms with E-state index in [-0.39, 0.29) is 22.9 Å². The minimum absolute atomic E-state index is 0.0188. The van der Waals surface area contributed by atoms with Crippen LogP contribution in [-0.2, 0) is 14.3 Å². The molecule has 0 unspecified atom stereocenters. The van der Waals surface area contributed by atoms with Crippen LogP contribution in [0, 0.1) is 13.8 Å². The van der Waals surface area contributed by atoms with Crippen LogP contribution in [0.2, 0.25) is 0 Å². The largest absolute Gasteiger partial charge is 0.452 e. The molecular formula is C18H18F2N2O5S. The fourth-order valence-corrected chi connectivity index (χ4v) is 3.37. The molecule has 0 bridgehead atoms. The SMILES string of the molecule is CC(=O)Nc1sc(C)c(C)c1C(=O)OCC(=O)Nc1ccccc1OC(F)F. The maximum atomic E-state index is 12.4. The van der Waals surface area contributed by atoms with E-state index in [1.165, 1.54) is 42.5 Å². The quantitative estimate of drug-likeness (QED) is 0.676. The first-order valence-corrected chi connectivity index (χ1v) is 8.89. The summed E-state index contributed by atoms with van der Waals surface area (Å²) in [7, 11) is 0. The summed E-state index contributed by atoms with van der Waals surface area (Å²) in [5.74, 6) is -2.07. The molecule has 1 heterocycles. The number of halogens is 2. The van der Waals surface area contributed by atoms with Gasteiger partial charge in [-0.2, -0.15) is 8.78 Å². The highest BCUT2D eigenvalue weighted by Gasteiger charge is 2.22. The molecule has 0 aliphatic rings. The highest BCUT2D eigenvalue weighted by Crippen LogP contribution is 2.33. The lowest BCUT2D eigenvalue weighted by Crippen LogP contribution is -2.22. The number of hydrogen-bond acceptors (Lipinski definition) is 6. The van der Waals surface area contributed by atoms with Gasteiger partial charge in [-0.15, -0.1) is 11.3 Å². The smallest absolute Gasteiger partial charge is 0.387 e. The van der Waals surface area contributed by atoms with E-state index in [9.17, 15) is 23.2 Å². The van der Waals surface area contributed by atoms with Gasteiger partial charge in [0.25, 0.3) is 5.91 Å². The van der Waals surface area contributed by atoms with Crippen molar-refractivity contribution in [2.24, 2.45) is 0 Å². The average Bonchev–Trinajstić information content (AvgIpc) is 2.87. The lowest BCUT2D eigenvalue weighted by Gasteiger charge is -2.12. The first kappa shape index (κ1) is 21.3. The van der Waals surface area contributed by atoms with Crippen molar-refractivity contribution in [1.82, 2.24) is 0 Å². The summed E-state index contributed by atoms with van der Waals surface area (Å²) >= 11 is 1.22. The number of para-hydroxylation sites is 2. The Morgan fingerprint density at radius 2 is 1.82 bits per heavy atom. The minimum Gasteiger partial charge on any atom is -0.452 e. The van der Waals surface area contributed by atoms with Crippen molar-refractivity contribution in [3.63, 3.8) is 0 Å². The van der Waals surface area contributed by atoms with Crippen LogP contribution in [0.1, 0.15) is 27.7 Å². The van der Waals surface area contributed by atoms with Crippen LogP contribution in [0.15, 0.2) is 24.3 Å². The number of nitrogens with one attached hydrogen (secondary N) is 2. The van der Waals surface area contributed by atoms with Crippen molar-refractivity contribution < 1.29 is 32.6 Å². The summed E-state index contributed by atoms with van der Waals surface area (Å²) in [6.07, 6.45) is 0. The van der Waals surface area contributed by atoms with Gasteiger partial charge in [0.05, 0.1) is 11.3 Å².